The Kier molecular flexibility index (Phi) is 4.01. The highest BCUT2D eigenvalue weighted by molar-refractivity contribution is 5.82. The van der Waals surface area contributed by atoms with Gasteiger partial charge in [-0.1, -0.05) is 6.92 Å². The molecule has 1 aromatic heterocycles. The van der Waals surface area contributed by atoms with Crippen molar-refractivity contribution in [2.75, 3.05) is 13.6 Å². The molecular weight excluding hydrogens is 228 g/mol. The molecule has 1 saturated heterocycles. The lowest BCUT2D eigenvalue weighted by molar-refractivity contribution is -0.134. The molecule has 0 radical (unpaired) electrons. The largest absolute Gasteiger partial charge is 0.340 e. The summed E-state index contributed by atoms with van der Waals surface area (Å²) in [4.78, 5) is 14.1. The topological polar surface area (TPSA) is 50.2 Å². The molecule has 0 bridgehead atoms. The van der Waals surface area contributed by atoms with Crippen molar-refractivity contribution < 1.29 is 4.79 Å². The normalized spacial score (nSPS) is 23.9. The molecule has 2 rings (SSSR count). The number of carbonyl (C=O) groups excluding carboxylic acids is 1. The third-order valence-corrected chi connectivity index (χ3v) is 3.59. The summed E-state index contributed by atoms with van der Waals surface area (Å²) in [6.07, 6.45) is 6.05. The molecule has 18 heavy (non-hydrogen) atoms. The Morgan fingerprint density at radius 2 is 2.44 bits per heavy atom. The number of hydrogen-bond donors (Lipinski definition) is 1. The van der Waals surface area contributed by atoms with E-state index in [0.29, 0.717) is 12.5 Å². The smallest absolute Gasteiger partial charge is 0.240 e. The summed E-state index contributed by atoms with van der Waals surface area (Å²) in [5.41, 5.74) is 1.07. The Morgan fingerprint density at radius 3 is 3.06 bits per heavy atom. The highest BCUT2D eigenvalue weighted by Crippen LogP contribution is 2.17. The average Bonchev–Trinajstić information content (AvgIpc) is 2.74. The Bertz CT molecular complexity index is 415. The maximum atomic E-state index is 12.4. The third kappa shape index (κ3) is 2.90. The van der Waals surface area contributed by atoms with Crippen LogP contribution < -0.4 is 5.32 Å². The van der Waals surface area contributed by atoms with Gasteiger partial charge in [-0.05, 0) is 25.3 Å². The van der Waals surface area contributed by atoms with E-state index in [1.807, 2.05) is 26.5 Å². The van der Waals surface area contributed by atoms with Crippen LogP contribution in [0.25, 0.3) is 0 Å². The second-order valence-electron chi connectivity index (χ2n) is 5.27. The van der Waals surface area contributed by atoms with Crippen LogP contribution >= 0.6 is 0 Å². The van der Waals surface area contributed by atoms with E-state index in [9.17, 15) is 4.79 Å². The summed E-state index contributed by atoms with van der Waals surface area (Å²) in [6.45, 7) is 3.71. The molecule has 1 aromatic rings. The van der Waals surface area contributed by atoms with Crippen LogP contribution in [0.4, 0.5) is 0 Å². The monoisotopic (exact) mass is 250 g/mol. The lowest BCUT2D eigenvalue weighted by Gasteiger charge is -2.32. The molecule has 0 aliphatic carbocycles. The Labute approximate surface area is 108 Å². The van der Waals surface area contributed by atoms with Crippen molar-refractivity contribution in [3.8, 4) is 0 Å². The first-order valence-corrected chi connectivity index (χ1v) is 6.54. The van der Waals surface area contributed by atoms with Crippen LogP contribution in [-0.4, -0.2) is 40.2 Å². The fourth-order valence-electron chi connectivity index (χ4n) is 2.52. The SMILES string of the molecule is CC1CCCNC1C(=O)N(C)Cc1cnn(C)c1. The molecule has 5 nitrogen and oxygen atoms in total. The van der Waals surface area contributed by atoms with Gasteiger partial charge in [-0.25, -0.2) is 0 Å². The van der Waals surface area contributed by atoms with E-state index < -0.39 is 0 Å². The molecule has 2 heterocycles. The molecule has 0 saturated carbocycles. The van der Waals surface area contributed by atoms with Crippen molar-refractivity contribution in [1.82, 2.24) is 20.0 Å². The number of nitrogens with one attached hydrogen (secondary N) is 1. The van der Waals surface area contributed by atoms with Crippen molar-refractivity contribution in [3.05, 3.63) is 18.0 Å². The molecule has 1 aliphatic rings. The van der Waals surface area contributed by atoms with E-state index in [2.05, 4.69) is 17.3 Å². The number of aromatic nitrogens is 2. The number of hydrogen-bond acceptors (Lipinski definition) is 3. The first-order chi connectivity index (χ1) is 8.58. The van der Waals surface area contributed by atoms with Crippen LogP contribution in [0.3, 0.4) is 0 Å². The summed E-state index contributed by atoms with van der Waals surface area (Å²) < 4.78 is 1.76. The molecule has 1 fully saturated rings. The second kappa shape index (κ2) is 5.52. The van der Waals surface area contributed by atoms with Gasteiger partial charge in [0, 0.05) is 32.4 Å². The molecule has 0 aromatic carbocycles. The Morgan fingerprint density at radius 1 is 1.67 bits per heavy atom. The minimum atomic E-state index is -0.0274. The maximum Gasteiger partial charge on any atom is 0.240 e. The van der Waals surface area contributed by atoms with Crippen LogP contribution in [0.5, 0.6) is 0 Å². The average molecular weight is 250 g/mol. The van der Waals surface area contributed by atoms with Gasteiger partial charge in [0.05, 0.1) is 12.2 Å². The van der Waals surface area contributed by atoms with E-state index in [-0.39, 0.29) is 11.9 Å². The number of aryl methyl sites for hydroxylation is 1. The molecule has 5 heteroatoms. The first kappa shape index (κ1) is 13.1. The summed E-state index contributed by atoms with van der Waals surface area (Å²) in [5.74, 6) is 0.605. The number of likely N-dealkylation sites (N-methyl/N-ethyl adjacent to an activating group) is 1. The highest BCUT2D eigenvalue weighted by Gasteiger charge is 2.29. The van der Waals surface area contributed by atoms with Gasteiger partial charge in [-0.3, -0.25) is 9.48 Å². The van der Waals surface area contributed by atoms with E-state index in [4.69, 9.17) is 0 Å². The summed E-state index contributed by atoms with van der Waals surface area (Å²) >= 11 is 0. The molecule has 100 valence electrons. The van der Waals surface area contributed by atoms with Crippen LogP contribution in [-0.2, 0) is 18.4 Å². The summed E-state index contributed by atoms with van der Waals surface area (Å²) in [6, 6.07) is -0.0274. The van der Waals surface area contributed by atoms with Gasteiger partial charge in [-0.2, -0.15) is 5.10 Å². The van der Waals surface area contributed by atoms with Crippen molar-refractivity contribution in [3.63, 3.8) is 0 Å². The molecule has 2 atom stereocenters. The van der Waals surface area contributed by atoms with E-state index in [1.165, 1.54) is 0 Å². The zero-order valence-electron chi connectivity index (χ0n) is 11.4. The number of piperidine rings is 1. The lowest BCUT2D eigenvalue weighted by Crippen LogP contribution is -2.51. The van der Waals surface area contributed by atoms with Crippen LogP contribution in [0.15, 0.2) is 12.4 Å². The van der Waals surface area contributed by atoms with Gasteiger partial charge in [0.15, 0.2) is 0 Å². The zero-order valence-corrected chi connectivity index (χ0v) is 11.4. The minimum absolute atomic E-state index is 0.0274. The Balaban J connectivity index is 1.95. The quantitative estimate of drug-likeness (QED) is 0.862. The number of carbonyl (C=O) groups is 1. The van der Waals surface area contributed by atoms with Gasteiger partial charge in [0.25, 0.3) is 0 Å². The highest BCUT2D eigenvalue weighted by atomic mass is 16.2. The fraction of sp³-hybridized carbons (Fsp3) is 0.692. The van der Waals surface area contributed by atoms with Crippen molar-refractivity contribution in [2.45, 2.75) is 32.4 Å². The molecular formula is C13H22N4O. The summed E-state index contributed by atoms with van der Waals surface area (Å²) in [7, 11) is 3.74. The van der Waals surface area contributed by atoms with Gasteiger partial charge in [0.1, 0.15) is 0 Å². The Hall–Kier alpha value is -1.36. The van der Waals surface area contributed by atoms with Gasteiger partial charge in [-0.15, -0.1) is 0 Å². The van der Waals surface area contributed by atoms with Crippen LogP contribution in [0.2, 0.25) is 0 Å². The van der Waals surface area contributed by atoms with Crippen molar-refractivity contribution in [2.24, 2.45) is 13.0 Å². The summed E-state index contributed by atoms with van der Waals surface area (Å²) in [5, 5.41) is 7.45. The predicted octanol–water partition coefficient (Wildman–Crippen LogP) is 0.767. The maximum absolute atomic E-state index is 12.4. The molecule has 0 spiro atoms. The second-order valence-corrected chi connectivity index (χ2v) is 5.27. The lowest BCUT2D eigenvalue weighted by atomic mass is 9.92. The van der Waals surface area contributed by atoms with Crippen LogP contribution in [0.1, 0.15) is 25.3 Å². The fourth-order valence-corrected chi connectivity index (χ4v) is 2.52. The van der Waals surface area contributed by atoms with Crippen LogP contribution in [0, 0.1) is 5.92 Å². The van der Waals surface area contributed by atoms with Crippen molar-refractivity contribution >= 4 is 5.91 Å². The molecule has 2 unspecified atom stereocenters. The van der Waals surface area contributed by atoms with Gasteiger partial charge >= 0.3 is 0 Å². The number of nitrogens with zero attached hydrogens (tertiary/aromatic N) is 3. The molecule has 1 N–H and O–H groups in total. The zero-order chi connectivity index (χ0) is 13.1. The number of amides is 1. The van der Waals surface area contributed by atoms with Gasteiger partial charge < -0.3 is 10.2 Å². The van der Waals surface area contributed by atoms with E-state index >= 15 is 0 Å². The standard InChI is InChI=1S/C13H22N4O/c1-10-5-4-6-14-12(10)13(18)16(2)8-11-7-15-17(3)9-11/h7,9-10,12,14H,4-6,8H2,1-3H3. The van der Waals surface area contributed by atoms with Gasteiger partial charge in [0.2, 0.25) is 5.91 Å². The van der Waals surface area contributed by atoms with E-state index in [1.54, 1.807) is 9.58 Å². The van der Waals surface area contributed by atoms with E-state index in [0.717, 1.165) is 24.9 Å². The van der Waals surface area contributed by atoms with Crippen molar-refractivity contribution in [1.29, 1.82) is 0 Å². The molecule has 1 aliphatic heterocycles. The minimum Gasteiger partial charge on any atom is -0.340 e. The third-order valence-electron chi connectivity index (χ3n) is 3.59. The number of rotatable bonds is 3. The predicted molar refractivity (Wildman–Crippen MR) is 69.9 cm³/mol. The molecule has 1 amide bonds. The first-order valence-electron chi connectivity index (χ1n) is 6.54.